The Morgan fingerprint density at radius 1 is 1.16 bits per heavy atom. The Morgan fingerprint density at radius 3 is 2.76 bits per heavy atom. The van der Waals surface area contributed by atoms with Crippen LogP contribution in [-0.4, -0.2) is 31.4 Å². The molecule has 0 bridgehead atoms. The van der Waals surface area contributed by atoms with Crippen molar-refractivity contribution in [1.82, 2.24) is 19.7 Å². The number of benzene rings is 3. The number of fused-ring (bicyclic) bond motifs is 1. The van der Waals surface area contributed by atoms with Crippen molar-refractivity contribution in [3.05, 3.63) is 95.8 Å². The maximum absolute atomic E-state index is 12.7. The van der Waals surface area contributed by atoms with E-state index in [2.05, 4.69) is 41.1 Å². The molecule has 0 saturated carbocycles. The van der Waals surface area contributed by atoms with Gasteiger partial charge in [0.25, 0.3) is 0 Å². The van der Waals surface area contributed by atoms with E-state index in [4.69, 9.17) is 21.3 Å². The van der Waals surface area contributed by atoms with Gasteiger partial charge in [-0.2, -0.15) is 0 Å². The average molecular weight is 562 g/mol. The fourth-order valence-electron chi connectivity index (χ4n) is 3.73. The highest BCUT2D eigenvalue weighted by molar-refractivity contribution is 7.99. The van der Waals surface area contributed by atoms with E-state index in [1.54, 1.807) is 29.5 Å². The molecule has 0 atom stereocenters. The van der Waals surface area contributed by atoms with Gasteiger partial charge in [-0.15, -0.1) is 28.1 Å². The number of ether oxygens (including phenoxy) is 1. The summed E-state index contributed by atoms with van der Waals surface area (Å²) in [5.41, 5.74) is 3.94. The molecule has 3 aromatic carbocycles. The summed E-state index contributed by atoms with van der Waals surface area (Å²) in [7, 11) is 0. The number of amides is 1. The molecule has 1 amide bonds. The maximum atomic E-state index is 12.7. The lowest BCUT2D eigenvalue weighted by atomic mass is 10.2. The van der Waals surface area contributed by atoms with Crippen LogP contribution in [0.4, 0.5) is 5.69 Å². The van der Waals surface area contributed by atoms with Crippen LogP contribution in [0.15, 0.2) is 84.5 Å². The Labute approximate surface area is 233 Å². The van der Waals surface area contributed by atoms with Crippen molar-refractivity contribution in [2.45, 2.75) is 25.2 Å². The van der Waals surface area contributed by atoms with Gasteiger partial charge in [-0.3, -0.25) is 9.36 Å². The topological polar surface area (TPSA) is 81.9 Å². The predicted octanol–water partition coefficient (Wildman–Crippen LogP) is 7.01. The maximum Gasteiger partial charge on any atom is 0.234 e. The molecule has 1 N–H and O–H groups in total. The first-order valence-electron chi connectivity index (χ1n) is 11.8. The number of aromatic nitrogens is 4. The second kappa shape index (κ2) is 11.8. The highest BCUT2D eigenvalue weighted by Gasteiger charge is 2.15. The number of hydrogen-bond acceptors (Lipinski definition) is 7. The van der Waals surface area contributed by atoms with E-state index in [0.717, 1.165) is 26.5 Å². The lowest BCUT2D eigenvalue weighted by Gasteiger charge is -2.10. The number of nitrogens with zero attached hydrogens (tertiary/aromatic N) is 4. The molecular weight excluding hydrogens is 538 g/mol. The average Bonchev–Trinajstić information content (AvgIpc) is 3.51. The SMILES string of the molecule is C=CCn1c(COc2ccccc2Cl)nnc1SCC(=O)Nc1ccc(-c2nc3ccc(C)cc3s2)cc1. The number of allylic oxidation sites excluding steroid dienone is 1. The number of rotatable bonds is 10. The first kappa shape index (κ1) is 26.0. The van der Waals surface area contributed by atoms with Crippen molar-refractivity contribution < 1.29 is 9.53 Å². The third kappa shape index (κ3) is 6.07. The summed E-state index contributed by atoms with van der Waals surface area (Å²) in [5.74, 6) is 1.23. The van der Waals surface area contributed by atoms with Gasteiger partial charge in [-0.25, -0.2) is 4.98 Å². The number of carbonyl (C=O) groups excluding carboxylic acids is 1. The highest BCUT2D eigenvalue weighted by atomic mass is 35.5. The minimum Gasteiger partial charge on any atom is -0.484 e. The van der Waals surface area contributed by atoms with Gasteiger partial charge < -0.3 is 10.1 Å². The number of hydrogen-bond donors (Lipinski definition) is 1. The second-order valence-corrected chi connectivity index (χ2v) is 10.8. The standard InChI is InChI=1S/C28H24ClN5O2S2/c1-3-14-34-25(16-36-23-7-5-4-6-21(23)29)32-33-28(34)37-17-26(35)30-20-11-9-19(10-12-20)27-31-22-13-8-18(2)15-24(22)38-27/h3-13,15H,1,14,16-17H2,2H3,(H,30,35). The molecular formula is C28H24ClN5O2S2. The number of halogens is 1. The largest absolute Gasteiger partial charge is 0.484 e. The number of para-hydroxylation sites is 1. The van der Waals surface area contributed by atoms with Crippen molar-refractivity contribution in [1.29, 1.82) is 0 Å². The summed E-state index contributed by atoms with van der Waals surface area (Å²) in [6, 6.07) is 21.2. The van der Waals surface area contributed by atoms with Gasteiger partial charge in [0.05, 0.1) is 21.0 Å². The van der Waals surface area contributed by atoms with Crippen LogP contribution < -0.4 is 10.1 Å². The molecule has 38 heavy (non-hydrogen) atoms. The summed E-state index contributed by atoms with van der Waals surface area (Å²) in [5, 5.41) is 13.5. The van der Waals surface area contributed by atoms with Crippen LogP contribution in [0.25, 0.3) is 20.8 Å². The molecule has 0 aliphatic heterocycles. The zero-order chi connectivity index (χ0) is 26.5. The van der Waals surface area contributed by atoms with Gasteiger partial charge in [0, 0.05) is 17.8 Å². The van der Waals surface area contributed by atoms with Crippen molar-refractivity contribution >= 4 is 56.5 Å². The molecule has 0 spiro atoms. The van der Waals surface area contributed by atoms with Crippen molar-refractivity contribution in [2.24, 2.45) is 0 Å². The Kier molecular flexibility index (Phi) is 8.07. The fourth-order valence-corrected chi connectivity index (χ4v) is 5.75. The number of aryl methyl sites for hydroxylation is 1. The van der Waals surface area contributed by atoms with Gasteiger partial charge in [0.2, 0.25) is 5.91 Å². The molecule has 10 heteroatoms. The Bertz CT molecular complexity index is 1600. The highest BCUT2D eigenvalue weighted by Crippen LogP contribution is 2.31. The van der Waals surface area contributed by atoms with Gasteiger partial charge >= 0.3 is 0 Å². The smallest absolute Gasteiger partial charge is 0.234 e. The van der Waals surface area contributed by atoms with E-state index in [1.165, 1.54) is 17.3 Å². The Balaban J connectivity index is 1.19. The minimum absolute atomic E-state index is 0.139. The zero-order valence-corrected chi connectivity index (χ0v) is 22.9. The van der Waals surface area contributed by atoms with Crippen LogP contribution in [0.2, 0.25) is 5.02 Å². The summed E-state index contributed by atoms with van der Waals surface area (Å²) in [6.07, 6.45) is 1.75. The predicted molar refractivity (Wildman–Crippen MR) is 155 cm³/mol. The van der Waals surface area contributed by atoms with Crippen LogP contribution >= 0.6 is 34.7 Å². The van der Waals surface area contributed by atoms with E-state index in [9.17, 15) is 4.79 Å². The van der Waals surface area contributed by atoms with Crippen LogP contribution in [-0.2, 0) is 17.9 Å². The quantitative estimate of drug-likeness (QED) is 0.146. The molecule has 0 aliphatic carbocycles. The van der Waals surface area contributed by atoms with E-state index >= 15 is 0 Å². The zero-order valence-electron chi connectivity index (χ0n) is 20.6. The lowest BCUT2D eigenvalue weighted by Crippen LogP contribution is -2.15. The molecule has 0 aliphatic rings. The van der Waals surface area contributed by atoms with Crippen molar-refractivity contribution in [2.75, 3.05) is 11.1 Å². The number of thioether (sulfide) groups is 1. The summed E-state index contributed by atoms with van der Waals surface area (Å²) in [6.45, 7) is 6.58. The van der Waals surface area contributed by atoms with Gasteiger partial charge in [0.1, 0.15) is 17.4 Å². The van der Waals surface area contributed by atoms with E-state index < -0.39 is 0 Å². The molecule has 192 valence electrons. The third-order valence-electron chi connectivity index (χ3n) is 5.59. The number of anilines is 1. The first-order chi connectivity index (χ1) is 18.5. The summed E-state index contributed by atoms with van der Waals surface area (Å²) in [4.78, 5) is 17.4. The van der Waals surface area contributed by atoms with Crippen LogP contribution in [0.1, 0.15) is 11.4 Å². The van der Waals surface area contributed by atoms with E-state index in [-0.39, 0.29) is 18.3 Å². The number of thiazole rings is 1. The van der Waals surface area contributed by atoms with Crippen LogP contribution in [0.3, 0.4) is 0 Å². The third-order valence-corrected chi connectivity index (χ3v) is 7.94. The van der Waals surface area contributed by atoms with Crippen molar-refractivity contribution in [3.8, 4) is 16.3 Å². The molecule has 5 rings (SSSR count). The minimum atomic E-state index is -0.139. The first-order valence-corrected chi connectivity index (χ1v) is 14.0. The molecule has 0 fully saturated rings. The number of nitrogens with one attached hydrogen (secondary N) is 1. The van der Waals surface area contributed by atoms with E-state index in [0.29, 0.717) is 28.3 Å². The Morgan fingerprint density at radius 2 is 1.97 bits per heavy atom. The molecule has 0 saturated heterocycles. The van der Waals surface area contributed by atoms with Crippen LogP contribution in [0.5, 0.6) is 5.75 Å². The summed E-state index contributed by atoms with van der Waals surface area (Å²) < 4.78 is 8.85. The second-order valence-electron chi connectivity index (χ2n) is 8.42. The normalized spacial score (nSPS) is 11.0. The molecule has 7 nitrogen and oxygen atoms in total. The van der Waals surface area contributed by atoms with Gasteiger partial charge in [-0.1, -0.05) is 47.6 Å². The van der Waals surface area contributed by atoms with Gasteiger partial charge in [-0.05, 0) is 61.0 Å². The van der Waals surface area contributed by atoms with Crippen molar-refractivity contribution in [3.63, 3.8) is 0 Å². The summed E-state index contributed by atoms with van der Waals surface area (Å²) >= 11 is 9.14. The van der Waals surface area contributed by atoms with E-state index in [1.807, 2.05) is 47.0 Å². The molecule has 2 heterocycles. The molecule has 2 aromatic heterocycles. The molecule has 0 unspecified atom stereocenters. The number of carbonyl (C=O) groups is 1. The molecule has 5 aromatic rings. The monoisotopic (exact) mass is 561 g/mol. The lowest BCUT2D eigenvalue weighted by molar-refractivity contribution is -0.113. The molecule has 0 radical (unpaired) electrons. The Hall–Kier alpha value is -3.66. The fraction of sp³-hybridized carbons (Fsp3) is 0.143. The van der Waals surface area contributed by atoms with Crippen LogP contribution in [0, 0.1) is 6.92 Å². The van der Waals surface area contributed by atoms with Gasteiger partial charge in [0.15, 0.2) is 11.0 Å².